The van der Waals surface area contributed by atoms with E-state index in [2.05, 4.69) is 126 Å². The van der Waals surface area contributed by atoms with Crippen LogP contribution in [0.3, 0.4) is 0 Å². The highest BCUT2D eigenvalue weighted by molar-refractivity contribution is 6.09. The second-order valence-corrected chi connectivity index (χ2v) is 11.1. The van der Waals surface area contributed by atoms with E-state index in [-0.39, 0.29) is 0 Å². The lowest BCUT2D eigenvalue weighted by atomic mass is 10.0. The molecule has 9 rings (SSSR count). The zero-order valence-corrected chi connectivity index (χ0v) is 23.7. The summed E-state index contributed by atoms with van der Waals surface area (Å²) < 4.78 is 8.23. The summed E-state index contributed by atoms with van der Waals surface area (Å²) >= 11 is 0. The molecule has 3 heterocycles. The fourth-order valence-corrected chi connectivity index (χ4v) is 6.32. The van der Waals surface area contributed by atoms with Crippen LogP contribution < -0.4 is 0 Å². The predicted octanol–water partition coefficient (Wildman–Crippen LogP) is 10.5. The van der Waals surface area contributed by atoms with E-state index in [1.165, 1.54) is 10.8 Å². The van der Waals surface area contributed by atoms with Crippen molar-refractivity contribution >= 4 is 43.7 Å². The topological polar surface area (TPSA) is 43.9 Å². The van der Waals surface area contributed by atoms with E-state index in [4.69, 9.17) is 14.4 Å². The largest absolute Gasteiger partial charge is 0.456 e. The molecule has 0 aliphatic carbocycles. The number of fused-ring (bicyclic) bond motifs is 6. The molecule has 9 aromatic rings. The molecule has 0 spiro atoms. The van der Waals surface area contributed by atoms with Gasteiger partial charge in [0.05, 0.1) is 22.4 Å². The van der Waals surface area contributed by atoms with Crippen LogP contribution in [0, 0.1) is 0 Å². The van der Waals surface area contributed by atoms with Gasteiger partial charge in [-0.15, -0.1) is 0 Å². The average molecular weight is 564 g/mol. The van der Waals surface area contributed by atoms with Crippen LogP contribution in [-0.4, -0.2) is 14.5 Å². The molecule has 4 heteroatoms. The average Bonchev–Trinajstić information content (AvgIpc) is 3.64. The number of aromatic nitrogens is 3. The number of hydrogen-bond donors (Lipinski definition) is 0. The molecule has 0 atom stereocenters. The van der Waals surface area contributed by atoms with Crippen LogP contribution in [0.4, 0.5) is 0 Å². The van der Waals surface area contributed by atoms with Crippen molar-refractivity contribution in [2.24, 2.45) is 0 Å². The van der Waals surface area contributed by atoms with Crippen LogP contribution in [-0.2, 0) is 0 Å². The molecule has 0 N–H and O–H groups in total. The third kappa shape index (κ3) is 3.92. The molecule has 6 aromatic carbocycles. The van der Waals surface area contributed by atoms with Crippen molar-refractivity contribution < 1.29 is 4.42 Å². The number of nitrogens with zero attached hydrogens (tertiary/aromatic N) is 3. The van der Waals surface area contributed by atoms with Crippen LogP contribution >= 0.6 is 0 Å². The Morgan fingerprint density at radius 3 is 1.61 bits per heavy atom. The van der Waals surface area contributed by atoms with Gasteiger partial charge in [-0.25, -0.2) is 9.97 Å². The normalized spacial score (nSPS) is 11.6. The summed E-state index contributed by atoms with van der Waals surface area (Å²) in [4.78, 5) is 10.3. The first kappa shape index (κ1) is 24.6. The van der Waals surface area contributed by atoms with Crippen LogP contribution in [0.25, 0.3) is 83.3 Å². The minimum atomic E-state index is 0.653. The van der Waals surface area contributed by atoms with Crippen LogP contribution in [0.15, 0.2) is 156 Å². The Labute approximate surface area is 253 Å². The molecule has 0 saturated heterocycles. The lowest BCUT2D eigenvalue weighted by Gasteiger charge is -2.12. The summed E-state index contributed by atoms with van der Waals surface area (Å²) in [7, 11) is 0. The van der Waals surface area contributed by atoms with Gasteiger partial charge in [0, 0.05) is 32.7 Å². The van der Waals surface area contributed by atoms with E-state index >= 15 is 0 Å². The van der Waals surface area contributed by atoms with Crippen molar-refractivity contribution in [3.63, 3.8) is 0 Å². The van der Waals surface area contributed by atoms with Crippen LogP contribution in [0.1, 0.15) is 0 Å². The highest BCUT2D eigenvalue weighted by Gasteiger charge is 2.17. The Balaban J connectivity index is 1.19. The quantitative estimate of drug-likeness (QED) is 0.214. The molecule has 44 heavy (non-hydrogen) atoms. The molecule has 0 radical (unpaired) electrons. The van der Waals surface area contributed by atoms with E-state index in [0.29, 0.717) is 5.95 Å². The molecular formula is C40H25N3O. The molecule has 0 saturated carbocycles. The number of hydrogen-bond acceptors (Lipinski definition) is 3. The van der Waals surface area contributed by atoms with E-state index < -0.39 is 0 Å². The fourth-order valence-electron chi connectivity index (χ4n) is 6.32. The third-order valence-electron chi connectivity index (χ3n) is 8.45. The monoisotopic (exact) mass is 563 g/mol. The van der Waals surface area contributed by atoms with Crippen LogP contribution in [0.2, 0.25) is 0 Å². The van der Waals surface area contributed by atoms with Crippen molar-refractivity contribution in [1.82, 2.24) is 14.5 Å². The maximum atomic E-state index is 6.05. The van der Waals surface area contributed by atoms with Gasteiger partial charge in [-0.05, 0) is 47.5 Å². The third-order valence-corrected chi connectivity index (χ3v) is 8.45. The van der Waals surface area contributed by atoms with Gasteiger partial charge < -0.3 is 4.42 Å². The Kier molecular flexibility index (Phi) is 5.47. The molecule has 0 amide bonds. The van der Waals surface area contributed by atoms with E-state index in [9.17, 15) is 0 Å². The van der Waals surface area contributed by atoms with Crippen LogP contribution in [0.5, 0.6) is 0 Å². The summed E-state index contributed by atoms with van der Waals surface area (Å²) in [6.07, 6.45) is 0. The van der Waals surface area contributed by atoms with E-state index in [0.717, 1.165) is 66.6 Å². The first-order valence-electron chi connectivity index (χ1n) is 14.8. The first-order chi connectivity index (χ1) is 21.8. The molecule has 0 unspecified atom stereocenters. The van der Waals surface area contributed by atoms with E-state index in [1.807, 2.05) is 30.3 Å². The highest BCUT2D eigenvalue weighted by atomic mass is 16.3. The molecule has 0 aliphatic heterocycles. The molecule has 4 nitrogen and oxygen atoms in total. The van der Waals surface area contributed by atoms with Gasteiger partial charge in [0.1, 0.15) is 11.2 Å². The number of furan rings is 1. The second-order valence-electron chi connectivity index (χ2n) is 11.1. The summed E-state index contributed by atoms with van der Waals surface area (Å²) in [5, 5.41) is 4.63. The standard InChI is InChI=1S/C40H25N3O/c1-2-10-27(11-3-1)34-25-35(42-40(41-34)43-36-15-7-4-12-30(36)31-13-5-8-16-37(31)43)28-20-18-26(19-21-28)29-22-23-39-33(24-29)32-14-6-9-17-38(32)44-39/h1-25H. The lowest BCUT2D eigenvalue weighted by Crippen LogP contribution is -2.03. The highest BCUT2D eigenvalue weighted by Crippen LogP contribution is 2.35. The zero-order chi connectivity index (χ0) is 29.0. The minimum Gasteiger partial charge on any atom is -0.456 e. The number of rotatable bonds is 4. The zero-order valence-electron chi connectivity index (χ0n) is 23.7. The molecular weight excluding hydrogens is 538 g/mol. The maximum Gasteiger partial charge on any atom is 0.235 e. The molecule has 3 aromatic heterocycles. The summed E-state index contributed by atoms with van der Waals surface area (Å²) in [5.74, 6) is 0.653. The van der Waals surface area contributed by atoms with Gasteiger partial charge >= 0.3 is 0 Å². The van der Waals surface area contributed by atoms with Gasteiger partial charge in [0.15, 0.2) is 0 Å². The van der Waals surface area contributed by atoms with Gasteiger partial charge in [-0.3, -0.25) is 4.57 Å². The van der Waals surface area contributed by atoms with Gasteiger partial charge in [-0.1, -0.05) is 115 Å². The lowest BCUT2D eigenvalue weighted by molar-refractivity contribution is 0.669. The summed E-state index contributed by atoms with van der Waals surface area (Å²) in [6, 6.07) is 52.6. The SMILES string of the molecule is c1ccc(-c2cc(-c3ccc(-c4ccc5oc6ccccc6c5c4)cc3)nc(-n3c4ccccc4c4ccccc43)n2)cc1. The Morgan fingerprint density at radius 2 is 0.909 bits per heavy atom. The predicted molar refractivity (Wildman–Crippen MR) is 180 cm³/mol. The van der Waals surface area contributed by atoms with Crippen molar-refractivity contribution in [2.75, 3.05) is 0 Å². The van der Waals surface area contributed by atoms with Gasteiger partial charge in [0.25, 0.3) is 0 Å². The molecule has 206 valence electrons. The van der Waals surface area contributed by atoms with Gasteiger partial charge in [-0.2, -0.15) is 0 Å². The summed E-state index contributed by atoms with van der Waals surface area (Å²) in [5.41, 5.74) is 10.1. The Morgan fingerprint density at radius 1 is 0.386 bits per heavy atom. The van der Waals surface area contributed by atoms with Crippen molar-refractivity contribution in [1.29, 1.82) is 0 Å². The second kappa shape index (κ2) is 9.79. The van der Waals surface area contributed by atoms with Crippen molar-refractivity contribution in [3.8, 4) is 39.6 Å². The fraction of sp³-hybridized carbons (Fsp3) is 0. The first-order valence-corrected chi connectivity index (χ1v) is 14.8. The van der Waals surface area contributed by atoms with Crippen molar-refractivity contribution in [2.45, 2.75) is 0 Å². The van der Waals surface area contributed by atoms with Gasteiger partial charge in [0.2, 0.25) is 5.95 Å². The molecule has 0 bridgehead atoms. The van der Waals surface area contributed by atoms with Crippen molar-refractivity contribution in [3.05, 3.63) is 152 Å². The number of benzene rings is 6. The number of para-hydroxylation sites is 3. The Bertz CT molecular complexity index is 2430. The smallest absolute Gasteiger partial charge is 0.235 e. The summed E-state index contributed by atoms with van der Waals surface area (Å²) in [6.45, 7) is 0. The maximum absolute atomic E-state index is 6.05. The molecule has 0 aliphatic rings. The molecule has 0 fully saturated rings. The Hall–Kier alpha value is -6.00. The van der Waals surface area contributed by atoms with E-state index in [1.54, 1.807) is 0 Å². The minimum absolute atomic E-state index is 0.653.